The van der Waals surface area contributed by atoms with Crippen molar-refractivity contribution in [3.05, 3.63) is 51.7 Å². The van der Waals surface area contributed by atoms with Crippen molar-refractivity contribution in [2.24, 2.45) is 5.92 Å². The number of carbonyl (C=O) groups is 1. The summed E-state index contributed by atoms with van der Waals surface area (Å²) in [7, 11) is 0. The third-order valence-corrected chi connectivity index (χ3v) is 5.84. The lowest BCUT2D eigenvalue weighted by Crippen LogP contribution is -2.45. The summed E-state index contributed by atoms with van der Waals surface area (Å²) in [5.74, 6) is 0.304. The Hall–Kier alpha value is -1.79. The van der Waals surface area contributed by atoms with Gasteiger partial charge in [0.25, 0.3) is 5.91 Å². The van der Waals surface area contributed by atoms with Crippen molar-refractivity contribution in [2.45, 2.75) is 39.8 Å². The van der Waals surface area contributed by atoms with E-state index in [4.69, 9.17) is 0 Å². The van der Waals surface area contributed by atoms with Gasteiger partial charge < -0.3 is 4.90 Å². The van der Waals surface area contributed by atoms with Crippen molar-refractivity contribution >= 4 is 17.2 Å². The standard InChI is InChI=1S/C20H26FN3OS/c1-14(2)18-13-24(20(25)19-11-22-15(3)26-19)10-4-9-23(18)12-16-5-7-17(21)8-6-16/h5-8,11,14,18H,4,9-10,12-13H2,1-3H3. The third-order valence-electron chi connectivity index (χ3n) is 4.94. The number of hydrogen-bond acceptors (Lipinski definition) is 4. The van der Waals surface area contributed by atoms with Crippen molar-refractivity contribution in [1.82, 2.24) is 14.8 Å². The van der Waals surface area contributed by atoms with Crippen molar-refractivity contribution < 1.29 is 9.18 Å². The van der Waals surface area contributed by atoms with Gasteiger partial charge in [0.2, 0.25) is 0 Å². The number of aryl methyl sites for hydroxylation is 1. The number of amides is 1. The molecule has 1 atom stereocenters. The molecule has 4 nitrogen and oxygen atoms in total. The molecule has 1 aromatic heterocycles. The van der Waals surface area contributed by atoms with Crippen LogP contribution in [0, 0.1) is 18.7 Å². The summed E-state index contributed by atoms with van der Waals surface area (Å²) in [6.07, 6.45) is 2.63. The van der Waals surface area contributed by atoms with Crippen LogP contribution in [0.3, 0.4) is 0 Å². The molecule has 1 saturated heterocycles. The van der Waals surface area contributed by atoms with Gasteiger partial charge >= 0.3 is 0 Å². The maximum Gasteiger partial charge on any atom is 0.265 e. The topological polar surface area (TPSA) is 36.4 Å². The lowest BCUT2D eigenvalue weighted by Gasteiger charge is -2.34. The normalized spacial score (nSPS) is 19.0. The second-order valence-electron chi connectivity index (χ2n) is 7.26. The maximum absolute atomic E-state index is 13.2. The average molecular weight is 376 g/mol. The van der Waals surface area contributed by atoms with E-state index in [0.717, 1.165) is 41.5 Å². The highest BCUT2D eigenvalue weighted by Crippen LogP contribution is 2.22. The molecule has 6 heteroatoms. The van der Waals surface area contributed by atoms with Crippen LogP contribution >= 0.6 is 11.3 Å². The first-order valence-electron chi connectivity index (χ1n) is 9.14. The summed E-state index contributed by atoms with van der Waals surface area (Å²) in [5, 5.41) is 0.918. The molecule has 1 aromatic carbocycles. The van der Waals surface area contributed by atoms with E-state index in [1.54, 1.807) is 6.20 Å². The first-order chi connectivity index (χ1) is 12.4. The number of aromatic nitrogens is 1. The van der Waals surface area contributed by atoms with Gasteiger partial charge in [-0.3, -0.25) is 9.69 Å². The highest BCUT2D eigenvalue weighted by Gasteiger charge is 2.30. The van der Waals surface area contributed by atoms with E-state index in [1.807, 2.05) is 24.0 Å². The zero-order chi connectivity index (χ0) is 18.7. The molecule has 1 aliphatic rings. The minimum Gasteiger partial charge on any atom is -0.336 e. The molecule has 1 aliphatic heterocycles. The molecular formula is C20H26FN3OS. The highest BCUT2D eigenvalue weighted by atomic mass is 32.1. The fourth-order valence-corrected chi connectivity index (χ4v) is 4.26. The van der Waals surface area contributed by atoms with E-state index >= 15 is 0 Å². The van der Waals surface area contributed by atoms with Gasteiger partial charge in [0.05, 0.1) is 11.2 Å². The molecule has 0 bridgehead atoms. The van der Waals surface area contributed by atoms with E-state index in [2.05, 4.69) is 23.7 Å². The van der Waals surface area contributed by atoms with E-state index in [-0.39, 0.29) is 17.8 Å². The fraction of sp³-hybridized carbons (Fsp3) is 0.500. The lowest BCUT2D eigenvalue weighted by molar-refractivity contribution is 0.0707. The quantitative estimate of drug-likeness (QED) is 0.811. The van der Waals surface area contributed by atoms with Gasteiger partial charge in [0, 0.05) is 32.2 Å². The first-order valence-corrected chi connectivity index (χ1v) is 9.96. The molecule has 1 amide bonds. The Kier molecular flexibility index (Phi) is 6.04. The van der Waals surface area contributed by atoms with Crippen molar-refractivity contribution in [1.29, 1.82) is 0 Å². The SMILES string of the molecule is Cc1ncc(C(=O)N2CCCN(Cc3ccc(F)cc3)C(C(C)C)C2)s1. The molecule has 2 heterocycles. The van der Waals surface area contributed by atoms with Crippen LogP contribution in [0.2, 0.25) is 0 Å². The second-order valence-corrected chi connectivity index (χ2v) is 8.49. The summed E-state index contributed by atoms with van der Waals surface area (Å²) in [4.78, 5) is 22.2. The summed E-state index contributed by atoms with van der Waals surface area (Å²) < 4.78 is 13.2. The first kappa shape index (κ1) is 19.0. The fourth-order valence-electron chi connectivity index (χ4n) is 3.52. The van der Waals surface area contributed by atoms with Gasteiger partial charge in [-0.15, -0.1) is 11.3 Å². The number of rotatable bonds is 4. The monoisotopic (exact) mass is 375 g/mol. The minimum absolute atomic E-state index is 0.0879. The van der Waals surface area contributed by atoms with E-state index in [1.165, 1.54) is 23.5 Å². The van der Waals surface area contributed by atoms with Gasteiger partial charge in [-0.25, -0.2) is 9.37 Å². The molecule has 0 spiro atoms. The lowest BCUT2D eigenvalue weighted by atomic mass is 10.0. The number of carbonyl (C=O) groups excluding carboxylic acids is 1. The minimum atomic E-state index is -0.207. The van der Waals surface area contributed by atoms with Gasteiger partial charge in [0.15, 0.2) is 0 Å². The Bertz CT molecular complexity index is 744. The Labute approximate surface area is 158 Å². The molecule has 26 heavy (non-hydrogen) atoms. The second kappa shape index (κ2) is 8.27. The molecule has 0 N–H and O–H groups in total. The molecule has 3 rings (SSSR count). The van der Waals surface area contributed by atoms with Crippen LogP contribution in [-0.4, -0.2) is 46.4 Å². The van der Waals surface area contributed by atoms with Gasteiger partial charge in [-0.2, -0.15) is 0 Å². The molecule has 1 fully saturated rings. The zero-order valence-corrected chi connectivity index (χ0v) is 16.4. The Balaban J connectivity index is 1.74. The van der Waals surface area contributed by atoms with Crippen LogP contribution in [0.1, 0.15) is 40.5 Å². The van der Waals surface area contributed by atoms with Crippen LogP contribution in [0.25, 0.3) is 0 Å². The largest absolute Gasteiger partial charge is 0.336 e. The summed E-state index contributed by atoms with van der Waals surface area (Å²) in [6.45, 7) is 9.52. The van der Waals surface area contributed by atoms with Crippen molar-refractivity contribution in [2.75, 3.05) is 19.6 Å². The van der Waals surface area contributed by atoms with Crippen molar-refractivity contribution in [3.8, 4) is 0 Å². The number of benzene rings is 1. The third kappa shape index (κ3) is 4.48. The highest BCUT2D eigenvalue weighted by molar-refractivity contribution is 7.13. The van der Waals surface area contributed by atoms with E-state index in [9.17, 15) is 9.18 Å². The molecule has 140 valence electrons. The summed E-state index contributed by atoms with van der Waals surface area (Å²) in [6, 6.07) is 7.00. The van der Waals surface area contributed by atoms with Crippen LogP contribution < -0.4 is 0 Å². The summed E-state index contributed by atoms with van der Waals surface area (Å²) >= 11 is 1.46. The molecular weight excluding hydrogens is 349 g/mol. The maximum atomic E-state index is 13.2. The zero-order valence-electron chi connectivity index (χ0n) is 15.6. The number of hydrogen-bond donors (Lipinski definition) is 0. The predicted molar refractivity (Wildman–Crippen MR) is 103 cm³/mol. The van der Waals surface area contributed by atoms with Crippen molar-refractivity contribution in [3.63, 3.8) is 0 Å². The number of thiazole rings is 1. The van der Waals surface area contributed by atoms with Gasteiger partial charge in [-0.1, -0.05) is 26.0 Å². The van der Waals surface area contributed by atoms with E-state index < -0.39 is 0 Å². The van der Waals surface area contributed by atoms with Crippen LogP contribution in [0.15, 0.2) is 30.5 Å². The van der Waals surface area contributed by atoms with Crippen LogP contribution in [0.4, 0.5) is 4.39 Å². The summed E-state index contributed by atoms with van der Waals surface area (Å²) in [5.41, 5.74) is 1.11. The predicted octanol–water partition coefficient (Wildman–Crippen LogP) is 3.96. The average Bonchev–Trinajstić information content (AvgIpc) is 2.93. The smallest absolute Gasteiger partial charge is 0.265 e. The van der Waals surface area contributed by atoms with Gasteiger partial charge in [-0.05, 0) is 37.0 Å². The Morgan fingerprint density at radius 2 is 2.04 bits per heavy atom. The number of nitrogens with zero attached hydrogens (tertiary/aromatic N) is 3. The molecule has 1 unspecified atom stereocenters. The van der Waals surface area contributed by atoms with Gasteiger partial charge in [0.1, 0.15) is 10.7 Å². The number of halogens is 1. The van der Waals surface area contributed by atoms with E-state index in [0.29, 0.717) is 12.5 Å². The van der Waals surface area contributed by atoms with Crippen LogP contribution in [0.5, 0.6) is 0 Å². The molecule has 0 aliphatic carbocycles. The Morgan fingerprint density at radius 1 is 1.31 bits per heavy atom. The molecule has 0 saturated carbocycles. The Morgan fingerprint density at radius 3 is 2.65 bits per heavy atom. The molecule has 0 radical (unpaired) electrons. The molecule has 2 aromatic rings. The van der Waals surface area contributed by atoms with Crippen LogP contribution in [-0.2, 0) is 6.54 Å².